The van der Waals surface area contributed by atoms with Gasteiger partial charge in [-0.1, -0.05) is 0 Å². The Hall–Kier alpha value is -2.57. The molecule has 0 spiro atoms. The van der Waals surface area contributed by atoms with Gasteiger partial charge in [-0.25, -0.2) is 0 Å². The second kappa shape index (κ2) is 7.62. The zero-order chi connectivity index (χ0) is 16.8. The predicted molar refractivity (Wildman–Crippen MR) is 81.5 cm³/mol. The number of alkyl halides is 2. The van der Waals surface area contributed by atoms with Gasteiger partial charge in [-0.15, -0.1) is 0 Å². The summed E-state index contributed by atoms with van der Waals surface area (Å²) in [6.45, 7) is -0.538. The van der Waals surface area contributed by atoms with Crippen molar-refractivity contribution in [1.82, 2.24) is 4.90 Å². The van der Waals surface area contributed by atoms with Gasteiger partial charge in [-0.05, 0) is 43.3 Å². The van der Waals surface area contributed by atoms with E-state index in [2.05, 4.69) is 10.1 Å². The SMILES string of the molecule is Cc1ccc(CN(C)C(=O)CNc2ccc(OC(F)F)cc2)o1. The van der Waals surface area contributed by atoms with Crippen LogP contribution in [0.3, 0.4) is 0 Å². The number of hydrogen-bond acceptors (Lipinski definition) is 4. The summed E-state index contributed by atoms with van der Waals surface area (Å²) in [6, 6.07) is 9.63. The maximum absolute atomic E-state index is 12.0. The Labute approximate surface area is 132 Å². The normalized spacial score (nSPS) is 10.7. The number of anilines is 1. The number of furan rings is 1. The Bertz CT molecular complexity index is 641. The number of amides is 1. The monoisotopic (exact) mass is 324 g/mol. The van der Waals surface area contributed by atoms with Crippen LogP contribution in [-0.2, 0) is 11.3 Å². The van der Waals surface area contributed by atoms with Gasteiger partial charge in [0.15, 0.2) is 0 Å². The Morgan fingerprint density at radius 1 is 1.26 bits per heavy atom. The number of aryl methyl sites for hydroxylation is 1. The first kappa shape index (κ1) is 16.8. The lowest BCUT2D eigenvalue weighted by Crippen LogP contribution is -2.31. The number of carbonyl (C=O) groups excluding carboxylic acids is 1. The number of rotatable bonds is 7. The van der Waals surface area contributed by atoms with Gasteiger partial charge in [0, 0.05) is 12.7 Å². The molecule has 1 N–H and O–H groups in total. The van der Waals surface area contributed by atoms with Gasteiger partial charge >= 0.3 is 6.61 Å². The minimum Gasteiger partial charge on any atom is -0.464 e. The van der Waals surface area contributed by atoms with Crippen LogP contribution in [0.5, 0.6) is 5.75 Å². The molecule has 1 aromatic carbocycles. The molecule has 0 aliphatic carbocycles. The van der Waals surface area contributed by atoms with Crippen molar-refractivity contribution in [3.8, 4) is 5.75 Å². The highest BCUT2D eigenvalue weighted by molar-refractivity contribution is 5.80. The molecule has 0 aliphatic heterocycles. The minimum absolute atomic E-state index is 0.0715. The number of ether oxygens (including phenoxy) is 1. The molecule has 0 unspecified atom stereocenters. The smallest absolute Gasteiger partial charge is 0.387 e. The number of hydrogen-bond donors (Lipinski definition) is 1. The molecule has 0 atom stereocenters. The quantitative estimate of drug-likeness (QED) is 0.849. The second-order valence-corrected chi connectivity index (χ2v) is 5.02. The van der Waals surface area contributed by atoms with E-state index in [1.807, 2.05) is 19.1 Å². The molecule has 2 aromatic rings. The molecule has 2 rings (SSSR count). The van der Waals surface area contributed by atoms with E-state index in [-0.39, 0.29) is 18.2 Å². The lowest BCUT2D eigenvalue weighted by atomic mass is 10.3. The summed E-state index contributed by atoms with van der Waals surface area (Å²) in [6.07, 6.45) is 0. The van der Waals surface area contributed by atoms with Crippen molar-refractivity contribution in [3.63, 3.8) is 0 Å². The van der Waals surface area contributed by atoms with Gasteiger partial charge in [0.2, 0.25) is 5.91 Å². The zero-order valence-corrected chi connectivity index (χ0v) is 12.9. The molecule has 1 heterocycles. The van der Waals surface area contributed by atoms with Gasteiger partial charge in [0.05, 0.1) is 13.1 Å². The summed E-state index contributed by atoms with van der Waals surface area (Å²) in [4.78, 5) is 13.6. The third-order valence-electron chi connectivity index (χ3n) is 3.14. The fourth-order valence-electron chi connectivity index (χ4n) is 1.96. The summed E-state index contributed by atoms with van der Waals surface area (Å²) in [5.41, 5.74) is 0.641. The molecule has 0 saturated carbocycles. The second-order valence-electron chi connectivity index (χ2n) is 5.02. The molecule has 0 radical (unpaired) electrons. The van der Waals surface area contributed by atoms with Crippen LogP contribution in [-0.4, -0.2) is 31.0 Å². The van der Waals surface area contributed by atoms with Crippen molar-refractivity contribution >= 4 is 11.6 Å². The first-order valence-corrected chi connectivity index (χ1v) is 7.02. The standard InChI is InChI=1S/C16H18F2N2O3/c1-11-3-6-14(22-11)10-20(2)15(21)9-19-12-4-7-13(8-5-12)23-16(17)18/h3-8,16,19H,9-10H2,1-2H3. The van der Waals surface area contributed by atoms with Crippen molar-refractivity contribution in [2.75, 3.05) is 18.9 Å². The average molecular weight is 324 g/mol. The summed E-state index contributed by atoms with van der Waals surface area (Å²) in [5.74, 6) is 1.46. The predicted octanol–water partition coefficient (Wildman–Crippen LogP) is 3.26. The summed E-state index contributed by atoms with van der Waals surface area (Å²) in [5, 5.41) is 2.93. The Morgan fingerprint density at radius 3 is 2.52 bits per heavy atom. The van der Waals surface area contributed by atoms with E-state index in [9.17, 15) is 13.6 Å². The minimum atomic E-state index is -2.85. The van der Waals surface area contributed by atoms with Crippen molar-refractivity contribution in [2.45, 2.75) is 20.1 Å². The number of nitrogens with zero attached hydrogens (tertiary/aromatic N) is 1. The van der Waals surface area contributed by atoms with E-state index in [0.29, 0.717) is 18.0 Å². The lowest BCUT2D eigenvalue weighted by Gasteiger charge is -2.16. The topological polar surface area (TPSA) is 54.7 Å². The van der Waals surface area contributed by atoms with E-state index < -0.39 is 6.61 Å². The van der Waals surface area contributed by atoms with Crippen molar-refractivity contribution in [3.05, 3.63) is 47.9 Å². The Balaban J connectivity index is 1.81. The number of halogens is 2. The summed E-state index contributed by atoms with van der Waals surface area (Å²) in [7, 11) is 1.68. The molecule has 0 fully saturated rings. The lowest BCUT2D eigenvalue weighted by molar-refractivity contribution is -0.128. The van der Waals surface area contributed by atoms with Gasteiger partial charge in [0.1, 0.15) is 17.3 Å². The van der Waals surface area contributed by atoms with Crippen LogP contribution >= 0.6 is 0 Å². The highest BCUT2D eigenvalue weighted by Crippen LogP contribution is 2.17. The maximum Gasteiger partial charge on any atom is 0.387 e. The molecule has 1 aromatic heterocycles. The van der Waals surface area contributed by atoms with E-state index >= 15 is 0 Å². The van der Waals surface area contributed by atoms with Crippen LogP contribution in [0.15, 0.2) is 40.8 Å². The van der Waals surface area contributed by atoms with Gasteiger partial charge in [-0.2, -0.15) is 8.78 Å². The van der Waals surface area contributed by atoms with Crippen LogP contribution in [0.25, 0.3) is 0 Å². The molecule has 0 saturated heterocycles. The molecule has 0 bridgehead atoms. The molecule has 124 valence electrons. The highest BCUT2D eigenvalue weighted by atomic mass is 19.3. The molecule has 5 nitrogen and oxygen atoms in total. The molecular formula is C16H18F2N2O3. The fourth-order valence-corrected chi connectivity index (χ4v) is 1.96. The van der Waals surface area contributed by atoms with Crippen molar-refractivity contribution < 1.29 is 22.7 Å². The van der Waals surface area contributed by atoms with E-state index in [1.165, 1.54) is 12.1 Å². The molecular weight excluding hydrogens is 306 g/mol. The van der Waals surface area contributed by atoms with Crippen LogP contribution in [0.4, 0.5) is 14.5 Å². The number of carbonyl (C=O) groups is 1. The van der Waals surface area contributed by atoms with Gasteiger partial charge < -0.3 is 19.4 Å². The van der Waals surface area contributed by atoms with Crippen molar-refractivity contribution in [2.24, 2.45) is 0 Å². The third kappa shape index (κ3) is 5.28. The molecule has 23 heavy (non-hydrogen) atoms. The molecule has 1 amide bonds. The Kier molecular flexibility index (Phi) is 5.56. The van der Waals surface area contributed by atoms with Gasteiger partial charge in [0.25, 0.3) is 0 Å². The zero-order valence-electron chi connectivity index (χ0n) is 12.9. The number of nitrogens with one attached hydrogen (secondary N) is 1. The first-order valence-electron chi connectivity index (χ1n) is 7.02. The van der Waals surface area contributed by atoms with E-state index in [4.69, 9.17) is 4.42 Å². The first-order chi connectivity index (χ1) is 10.9. The average Bonchev–Trinajstić information content (AvgIpc) is 2.90. The van der Waals surface area contributed by atoms with Crippen LogP contribution in [0.2, 0.25) is 0 Å². The summed E-state index contributed by atoms with van der Waals surface area (Å²) >= 11 is 0. The van der Waals surface area contributed by atoms with E-state index in [0.717, 1.165) is 5.76 Å². The van der Waals surface area contributed by atoms with Crippen LogP contribution in [0.1, 0.15) is 11.5 Å². The summed E-state index contributed by atoms with van der Waals surface area (Å²) < 4.78 is 33.8. The third-order valence-corrected chi connectivity index (χ3v) is 3.14. The highest BCUT2D eigenvalue weighted by Gasteiger charge is 2.11. The van der Waals surface area contributed by atoms with Crippen LogP contribution in [0, 0.1) is 6.92 Å². The Morgan fingerprint density at radius 2 is 1.96 bits per heavy atom. The molecule has 0 aliphatic rings. The van der Waals surface area contributed by atoms with Crippen molar-refractivity contribution in [1.29, 1.82) is 0 Å². The largest absolute Gasteiger partial charge is 0.464 e. The van der Waals surface area contributed by atoms with E-state index in [1.54, 1.807) is 24.1 Å². The van der Waals surface area contributed by atoms with Gasteiger partial charge in [-0.3, -0.25) is 4.79 Å². The van der Waals surface area contributed by atoms with Crippen LogP contribution < -0.4 is 10.1 Å². The maximum atomic E-state index is 12.0. The fraction of sp³-hybridized carbons (Fsp3) is 0.312. The number of likely N-dealkylation sites (N-methyl/N-ethyl adjacent to an activating group) is 1. The number of benzene rings is 1. The molecule has 7 heteroatoms.